The molecule has 0 aliphatic rings. The van der Waals surface area contributed by atoms with E-state index in [-0.39, 0.29) is 5.97 Å². The molecule has 0 saturated heterocycles. The third-order valence-corrected chi connectivity index (χ3v) is 2.99. The zero-order valence-corrected chi connectivity index (χ0v) is 12.3. The zero-order valence-electron chi connectivity index (χ0n) is 12.3. The minimum Gasteiger partial charge on any atom is -0.462 e. The highest BCUT2D eigenvalue weighted by Gasteiger charge is 2.12. The van der Waals surface area contributed by atoms with Crippen LogP contribution >= 0.6 is 0 Å². The zero-order chi connectivity index (χ0) is 14.4. The third-order valence-electron chi connectivity index (χ3n) is 2.99. The molecule has 0 spiro atoms. The summed E-state index contributed by atoms with van der Waals surface area (Å²) in [5.41, 5.74) is 8.08. The number of nitrogens with two attached hydrogens (primary N) is 1. The number of hydrogen-bond donors (Lipinski definition) is 1. The number of ether oxygens (including phenoxy) is 1. The number of benzene rings is 1. The first-order chi connectivity index (χ1) is 8.95. The van der Waals surface area contributed by atoms with E-state index in [4.69, 9.17) is 10.5 Å². The van der Waals surface area contributed by atoms with Crippen molar-refractivity contribution in [3.05, 3.63) is 23.8 Å². The van der Waals surface area contributed by atoms with Crippen LogP contribution in [0.5, 0.6) is 0 Å². The number of esters is 1. The molecule has 4 nitrogen and oxygen atoms in total. The van der Waals surface area contributed by atoms with Crippen molar-refractivity contribution in [1.82, 2.24) is 0 Å². The van der Waals surface area contributed by atoms with Crippen LogP contribution in [0.2, 0.25) is 0 Å². The molecule has 0 aliphatic carbocycles. The summed E-state index contributed by atoms with van der Waals surface area (Å²) in [5.74, 6) is 0.331. The molecule has 0 aliphatic heterocycles. The number of carbonyl (C=O) groups excluding carboxylic acids is 1. The van der Waals surface area contributed by atoms with E-state index in [1.807, 2.05) is 7.05 Å². The predicted molar refractivity (Wildman–Crippen MR) is 79.5 cm³/mol. The van der Waals surface area contributed by atoms with Crippen LogP contribution in [0.25, 0.3) is 0 Å². The van der Waals surface area contributed by atoms with Gasteiger partial charge in [0, 0.05) is 13.6 Å². The Balaban J connectivity index is 2.87. The molecule has 1 aromatic carbocycles. The Morgan fingerprint density at radius 2 is 2.11 bits per heavy atom. The molecule has 2 N–H and O–H groups in total. The second kappa shape index (κ2) is 7.02. The smallest absolute Gasteiger partial charge is 0.338 e. The standard InChI is InChI=1S/C15H24N2O2/c1-5-19-15(18)12-6-7-13(16)14(10-12)17(4)9-8-11(2)3/h6-7,10-11H,5,8-9,16H2,1-4H3. The van der Waals surface area contributed by atoms with Crippen molar-refractivity contribution in [1.29, 1.82) is 0 Å². The lowest BCUT2D eigenvalue weighted by atomic mass is 10.1. The number of rotatable bonds is 6. The maximum Gasteiger partial charge on any atom is 0.338 e. The van der Waals surface area contributed by atoms with Gasteiger partial charge in [-0.2, -0.15) is 0 Å². The fourth-order valence-corrected chi connectivity index (χ4v) is 1.79. The lowest BCUT2D eigenvalue weighted by Crippen LogP contribution is -2.21. The quantitative estimate of drug-likeness (QED) is 0.634. The Labute approximate surface area is 115 Å². The van der Waals surface area contributed by atoms with E-state index in [1.165, 1.54) is 0 Å². The number of nitrogen functional groups attached to an aromatic ring is 1. The van der Waals surface area contributed by atoms with Crippen molar-refractivity contribution >= 4 is 17.3 Å². The SMILES string of the molecule is CCOC(=O)c1ccc(N)c(N(C)CCC(C)C)c1. The topological polar surface area (TPSA) is 55.6 Å². The molecule has 19 heavy (non-hydrogen) atoms. The van der Waals surface area contributed by atoms with Crippen LogP contribution in [0.15, 0.2) is 18.2 Å². The first-order valence-corrected chi connectivity index (χ1v) is 6.73. The molecule has 0 heterocycles. The highest BCUT2D eigenvalue weighted by Crippen LogP contribution is 2.24. The van der Waals surface area contributed by atoms with E-state index in [2.05, 4.69) is 18.7 Å². The molecule has 4 heteroatoms. The van der Waals surface area contributed by atoms with Gasteiger partial charge in [0.25, 0.3) is 0 Å². The average Bonchev–Trinajstić information content (AvgIpc) is 2.36. The Bertz CT molecular complexity index is 430. The Morgan fingerprint density at radius 1 is 1.42 bits per heavy atom. The highest BCUT2D eigenvalue weighted by atomic mass is 16.5. The number of carbonyl (C=O) groups is 1. The van der Waals surface area contributed by atoms with Gasteiger partial charge in [-0.05, 0) is 37.5 Å². The van der Waals surface area contributed by atoms with Gasteiger partial charge in [0.1, 0.15) is 0 Å². The van der Waals surface area contributed by atoms with Crippen molar-refractivity contribution in [2.75, 3.05) is 30.8 Å². The van der Waals surface area contributed by atoms with Gasteiger partial charge in [-0.15, -0.1) is 0 Å². The number of hydrogen-bond acceptors (Lipinski definition) is 4. The second-order valence-corrected chi connectivity index (χ2v) is 5.10. The summed E-state index contributed by atoms with van der Waals surface area (Å²) in [4.78, 5) is 13.8. The molecule has 0 aromatic heterocycles. The second-order valence-electron chi connectivity index (χ2n) is 5.10. The van der Waals surface area contributed by atoms with Crippen LogP contribution in [0, 0.1) is 5.92 Å². The summed E-state index contributed by atoms with van der Waals surface area (Å²) >= 11 is 0. The highest BCUT2D eigenvalue weighted by molar-refractivity contribution is 5.92. The van der Waals surface area contributed by atoms with Gasteiger partial charge < -0.3 is 15.4 Å². The largest absolute Gasteiger partial charge is 0.462 e. The van der Waals surface area contributed by atoms with Crippen molar-refractivity contribution in [3.63, 3.8) is 0 Å². The molecule has 1 rings (SSSR count). The van der Waals surface area contributed by atoms with Crippen LogP contribution < -0.4 is 10.6 Å². The molecule has 0 saturated carbocycles. The first kappa shape index (κ1) is 15.3. The summed E-state index contributed by atoms with van der Waals surface area (Å²) in [6.07, 6.45) is 1.08. The fourth-order valence-electron chi connectivity index (χ4n) is 1.79. The summed E-state index contributed by atoms with van der Waals surface area (Å²) < 4.78 is 5.00. The Kier molecular flexibility index (Phi) is 5.67. The molecule has 0 bridgehead atoms. The molecular formula is C15H24N2O2. The van der Waals surface area contributed by atoms with Crippen LogP contribution in [0.4, 0.5) is 11.4 Å². The maximum absolute atomic E-state index is 11.7. The van der Waals surface area contributed by atoms with Crippen LogP contribution in [0.3, 0.4) is 0 Å². The Morgan fingerprint density at radius 3 is 2.68 bits per heavy atom. The van der Waals surface area contributed by atoms with Crippen molar-refractivity contribution in [2.45, 2.75) is 27.2 Å². The average molecular weight is 264 g/mol. The molecule has 0 unspecified atom stereocenters. The number of anilines is 2. The minimum absolute atomic E-state index is 0.305. The first-order valence-electron chi connectivity index (χ1n) is 6.73. The van der Waals surface area contributed by atoms with Crippen LogP contribution in [-0.2, 0) is 4.74 Å². The maximum atomic E-state index is 11.7. The van der Waals surface area contributed by atoms with Crippen molar-refractivity contribution < 1.29 is 9.53 Å². The molecular weight excluding hydrogens is 240 g/mol. The summed E-state index contributed by atoms with van der Waals surface area (Å²) in [7, 11) is 1.99. The molecule has 0 fully saturated rings. The normalized spacial score (nSPS) is 10.6. The molecule has 1 aromatic rings. The van der Waals surface area contributed by atoms with Gasteiger partial charge in [0.05, 0.1) is 23.5 Å². The van der Waals surface area contributed by atoms with Gasteiger partial charge in [-0.1, -0.05) is 13.8 Å². The van der Waals surface area contributed by atoms with Crippen molar-refractivity contribution in [3.8, 4) is 0 Å². The van der Waals surface area contributed by atoms with Crippen LogP contribution in [0.1, 0.15) is 37.6 Å². The molecule has 106 valence electrons. The van der Waals surface area contributed by atoms with Gasteiger partial charge in [-0.25, -0.2) is 4.79 Å². The summed E-state index contributed by atoms with van der Waals surface area (Å²) in [6.45, 7) is 7.46. The van der Waals surface area contributed by atoms with Gasteiger partial charge in [0.2, 0.25) is 0 Å². The lowest BCUT2D eigenvalue weighted by molar-refractivity contribution is 0.0526. The van der Waals surface area contributed by atoms with E-state index < -0.39 is 0 Å². The van der Waals surface area contributed by atoms with Crippen LogP contribution in [-0.4, -0.2) is 26.2 Å². The van der Waals surface area contributed by atoms with E-state index in [1.54, 1.807) is 25.1 Å². The van der Waals surface area contributed by atoms with E-state index in [0.717, 1.165) is 18.7 Å². The summed E-state index contributed by atoms with van der Waals surface area (Å²) in [6, 6.07) is 5.26. The van der Waals surface area contributed by atoms with Gasteiger partial charge in [-0.3, -0.25) is 0 Å². The van der Waals surface area contributed by atoms with Crippen molar-refractivity contribution in [2.24, 2.45) is 5.92 Å². The molecule has 0 amide bonds. The molecule has 0 atom stereocenters. The Hall–Kier alpha value is -1.71. The summed E-state index contributed by atoms with van der Waals surface area (Å²) in [5, 5.41) is 0. The number of nitrogens with zero attached hydrogens (tertiary/aromatic N) is 1. The predicted octanol–water partition coefficient (Wildman–Crippen LogP) is 2.93. The fraction of sp³-hybridized carbons (Fsp3) is 0.533. The van der Waals surface area contributed by atoms with E-state index in [0.29, 0.717) is 23.8 Å². The monoisotopic (exact) mass is 264 g/mol. The van der Waals surface area contributed by atoms with E-state index >= 15 is 0 Å². The lowest BCUT2D eigenvalue weighted by Gasteiger charge is -2.22. The minimum atomic E-state index is -0.305. The third kappa shape index (κ3) is 4.47. The van der Waals surface area contributed by atoms with Gasteiger partial charge in [0.15, 0.2) is 0 Å². The van der Waals surface area contributed by atoms with Gasteiger partial charge >= 0.3 is 5.97 Å². The van der Waals surface area contributed by atoms with E-state index in [9.17, 15) is 4.79 Å². The molecule has 0 radical (unpaired) electrons.